The number of benzene rings is 1. The summed E-state index contributed by atoms with van der Waals surface area (Å²) in [5.74, 6) is 1.08. The van der Waals surface area contributed by atoms with Crippen LogP contribution in [-0.2, 0) is 0 Å². The van der Waals surface area contributed by atoms with Crippen molar-refractivity contribution in [2.45, 2.75) is 0 Å². The Morgan fingerprint density at radius 1 is 0.862 bits per heavy atom. The molecule has 9 heteroatoms. The molecule has 3 aromatic rings. The molecule has 0 spiro atoms. The van der Waals surface area contributed by atoms with Crippen LogP contribution < -0.4 is 15.5 Å². The second-order valence-electron chi connectivity index (χ2n) is 6.55. The molecule has 1 aromatic carbocycles. The maximum absolute atomic E-state index is 13.0. The van der Waals surface area contributed by atoms with Gasteiger partial charge < -0.3 is 20.4 Å². The fourth-order valence-corrected chi connectivity index (χ4v) is 3.02. The van der Waals surface area contributed by atoms with E-state index >= 15 is 0 Å². The number of carbonyl (C=O) groups excluding carboxylic acids is 1. The number of piperazine rings is 1. The van der Waals surface area contributed by atoms with Crippen LogP contribution in [0.1, 0.15) is 0 Å². The molecule has 0 saturated carbocycles. The van der Waals surface area contributed by atoms with Gasteiger partial charge in [0.2, 0.25) is 0 Å². The maximum Gasteiger partial charge on any atom is 0.321 e. The van der Waals surface area contributed by atoms with Crippen molar-refractivity contribution in [1.82, 2.24) is 20.1 Å². The van der Waals surface area contributed by atoms with E-state index in [1.54, 1.807) is 29.4 Å². The highest BCUT2D eigenvalue weighted by molar-refractivity contribution is 5.89. The molecule has 2 aromatic heterocycles. The van der Waals surface area contributed by atoms with Gasteiger partial charge in [0.05, 0.1) is 0 Å². The number of halogens is 1. The number of hydrogen-bond donors (Lipinski definition) is 2. The van der Waals surface area contributed by atoms with E-state index in [2.05, 4.69) is 30.7 Å². The predicted molar refractivity (Wildman–Crippen MR) is 109 cm³/mol. The fraction of sp³-hybridized carbons (Fsp3) is 0.200. The van der Waals surface area contributed by atoms with E-state index in [1.807, 2.05) is 24.3 Å². The van der Waals surface area contributed by atoms with E-state index in [0.717, 1.165) is 11.5 Å². The average Bonchev–Trinajstić information content (AvgIpc) is 2.77. The molecule has 4 rings (SSSR count). The second kappa shape index (κ2) is 8.51. The predicted octanol–water partition coefficient (Wildman–Crippen LogP) is 3.11. The van der Waals surface area contributed by atoms with Crippen LogP contribution in [0.3, 0.4) is 0 Å². The number of carbonyl (C=O) groups is 1. The monoisotopic (exact) mass is 393 g/mol. The minimum absolute atomic E-state index is 0.195. The third-order valence-corrected chi connectivity index (χ3v) is 4.59. The van der Waals surface area contributed by atoms with Gasteiger partial charge in [0.1, 0.15) is 5.82 Å². The first-order chi connectivity index (χ1) is 14.2. The minimum Gasteiger partial charge on any atom is -0.352 e. The SMILES string of the molecule is O=C(Nc1ccc(F)cc1)N1CCN(c2ccc(Nc3ccncc3)nn2)CC1. The summed E-state index contributed by atoms with van der Waals surface area (Å²) in [6, 6.07) is 13.0. The number of nitrogens with one attached hydrogen (secondary N) is 2. The number of anilines is 4. The number of urea groups is 1. The Morgan fingerprint density at radius 2 is 1.59 bits per heavy atom. The van der Waals surface area contributed by atoms with Gasteiger partial charge in [-0.15, -0.1) is 10.2 Å². The number of aromatic nitrogens is 3. The Kier molecular flexibility index (Phi) is 5.46. The molecule has 0 aliphatic carbocycles. The molecule has 29 heavy (non-hydrogen) atoms. The molecule has 3 heterocycles. The molecule has 1 saturated heterocycles. The molecular weight excluding hydrogens is 373 g/mol. The van der Waals surface area contributed by atoms with Gasteiger partial charge >= 0.3 is 6.03 Å². The molecule has 0 bridgehead atoms. The zero-order valence-corrected chi connectivity index (χ0v) is 15.6. The van der Waals surface area contributed by atoms with E-state index in [1.165, 1.54) is 12.1 Å². The lowest BCUT2D eigenvalue weighted by Crippen LogP contribution is -2.50. The summed E-state index contributed by atoms with van der Waals surface area (Å²) in [5, 5.41) is 14.5. The minimum atomic E-state index is -0.334. The molecule has 2 amide bonds. The van der Waals surface area contributed by atoms with Gasteiger partial charge in [-0.2, -0.15) is 0 Å². The number of nitrogens with zero attached hydrogens (tertiary/aromatic N) is 5. The van der Waals surface area contributed by atoms with Crippen LogP contribution in [0.2, 0.25) is 0 Å². The highest BCUT2D eigenvalue weighted by atomic mass is 19.1. The lowest BCUT2D eigenvalue weighted by atomic mass is 10.3. The van der Waals surface area contributed by atoms with Crippen molar-refractivity contribution < 1.29 is 9.18 Å². The van der Waals surface area contributed by atoms with Gasteiger partial charge in [0.15, 0.2) is 11.6 Å². The molecule has 0 atom stereocenters. The van der Waals surface area contributed by atoms with Crippen molar-refractivity contribution in [2.75, 3.05) is 41.7 Å². The van der Waals surface area contributed by atoms with E-state index < -0.39 is 0 Å². The normalized spacial score (nSPS) is 13.8. The van der Waals surface area contributed by atoms with Crippen LogP contribution >= 0.6 is 0 Å². The van der Waals surface area contributed by atoms with Crippen molar-refractivity contribution in [3.63, 3.8) is 0 Å². The number of pyridine rings is 1. The average molecular weight is 393 g/mol. The van der Waals surface area contributed by atoms with Crippen molar-refractivity contribution in [3.8, 4) is 0 Å². The van der Waals surface area contributed by atoms with Crippen LogP contribution in [0.5, 0.6) is 0 Å². The van der Waals surface area contributed by atoms with Crippen molar-refractivity contribution >= 4 is 29.0 Å². The molecule has 1 fully saturated rings. The molecule has 1 aliphatic rings. The van der Waals surface area contributed by atoms with Gasteiger partial charge in [0.25, 0.3) is 0 Å². The number of rotatable bonds is 4. The Labute approximate surface area is 167 Å². The van der Waals surface area contributed by atoms with E-state index in [0.29, 0.717) is 37.7 Å². The molecule has 0 unspecified atom stereocenters. The largest absolute Gasteiger partial charge is 0.352 e. The zero-order valence-electron chi connectivity index (χ0n) is 15.6. The summed E-state index contributed by atoms with van der Waals surface area (Å²) in [4.78, 5) is 20.2. The highest BCUT2D eigenvalue weighted by Crippen LogP contribution is 2.17. The van der Waals surface area contributed by atoms with E-state index in [4.69, 9.17) is 0 Å². The molecule has 0 radical (unpaired) electrons. The van der Waals surface area contributed by atoms with Gasteiger partial charge in [-0.3, -0.25) is 4.98 Å². The first-order valence-corrected chi connectivity index (χ1v) is 9.24. The zero-order chi connectivity index (χ0) is 20.1. The van der Waals surface area contributed by atoms with E-state index in [9.17, 15) is 9.18 Å². The Balaban J connectivity index is 1.30. The smallest absolute Gasteiger partial charge is 0.321 e. The quantitative estimate of drug-likeness (QED) is 0.708. The first-order valence-electron chi connectivity index (χ1n) is 9.24. The van der Waals surface area contributed by atoms with Crippen molar-refractivity contribution in [1.29, 1.82) is 0 Å². The third-order valence-electron chi connectivity index (χ3n) is 4.59. The highest BCUT2D eigenvalue weighted by Gasteiger charge is 2.22. The summed E-state index contributed by atoms with van der Waals surface area (Å²) >= 11 is 0. The lowest BCUT2D eigenvalue weighted by molar-refractivity contribution is 0.208. The Morgan fingerprint density at radius 3 is 2.24 bits per heavy atom. The first kappa shape index (κ1) is 18.6. The Bertz CT molecular complexity index is 943. The van der Waals surface area contributed by atoms with Gasteiger partial charge in [-0.05, 0) is 48.5 Å². The van der Waals surface area contributed by atoms with Crippen LogP contribution in [0.15, 0.2) is 60.9 Å². The fourth-order valence-electron chi connectivity index (χ4n) is 3.02. The molecule has 148 valence electrons. The number of amides is 2. The second-order valence-corrected chi connectivity index (χ2v) is 6.55. The Hall–Kier alpha value is -3.75. The summed E-state index contributed by atoms with van der Waals surface area (Å²) < 4.78 is 13.0. The van der Waals surface area contributed by atoms with Crippen LogP contribution in [-0.4, -0.2) is 52.3 Å². The van der Waals surface area contributed by atoms with E-state index in [-0.39, 0.29) is 11.8 Å². The molecular formula is C20H20FN7O. The van der Waals surface area contributed by atoms with Crippen LogP contribution in [0.25, 0.3) is 0 Å². The molecule has 1 aliphatic heterocycles. The third kappa shape index (κ3) is 4.75. The van der Waals surface area contributed by atoms with Crippen molar-refractivity contribution in [2.24, 2.45) is 0 Å². The van der Waals surface area contributed by atoms with Gasteiger partial charge in [-0.1, -0.05) is 0 Å². The van der Waals surface area contributed by atoms with Crippen LogP contribution in [0, 0.1) is 5.82 Å². The maximum atomic E-state index is 13.0. The number of hydrogen-bond acceptors (Lipinski definition) is 6. The van der Waals surface area contributed by atoms with Gasteiger partial charge in [0, 0.05) is 49.9 Å². The van der Waals surface area contributed by atoms with Crippen molar-refractivity contribution in [3.05, 3.63) is 66.7 Å². The standard InChI is InChI=1S/C20H20FN7O/c21-15-1-3-16(4-2-15)24-20(29)28-13-11-27(12-14-28)19-6-5-18(25-26-19)23-17-7-9-22-10-8-17/h1-10H,11-14H2,(H,24,29)(H,22,23,25). The summed E-state index contributed by atoms with van der Waals surface area (Å²) in [7, 11) is 0. The van der Waals surface area contributed by atoms with Gasteiger partial charge in [-0.25, -0.2) is 9.18 Å². The topological polar surface area (TPSA) is 86.3 Å². The van der Waals surface area contributed by atoms with Crippen LogP contribution in [0.4, 0.5) is 32.2 Å². The molecule has 8 nitrogen and oxygen atoms in total. The molecule has 2 N–H and O–H groups in total. The lowest BCUT2D eigenvalue weighted by Gasteiger charge is -2.35. The summed E-state index contributed by atoms with van der Waals surface area (Å²) in [5.41, 5.74) is 1.46. The summed E-state index contributed by atoms with van der Waals surface area (Å²) in [6.07, 6.45) is 3.41. The summed E-state index contributed by atoms with van der Waals surface area (Å²) in [6.45, 7) is 2.43.